The van der Waals surface area contributed by atoms with Crippen LogP contribution in [0, 0.1) is 0 Å². The summed E-state index contributed by atoms with van der Waals surface area (Å²) in [6, 6.07) is 39.8. The minimum absolute atomic E-state index is 0.00557. The molecule has 7 aromatic rings. The molecule has 0 aliphatic carbocycles. The number of hydrogen-bond acceptors (Lipinski definition) is 2. The van der Waals surface area contributed by atoms with Gasteiger partial charge in [-0.15, -0.1) is 0 Å². The van der Waals surface area contributed by atoms with E-state index in [0.29, 0.717) is 0 Å². The van der Waals surface area contributed by atoms with Crippen molar-refractivity contribution in [3.63, 3.8) is 0 Å². The maximum atomic E-state index is 4.97. The van der Waals surface area contributed by atoms with Gasteiger partial charge in [-0.2, -0.15) is 0 Å². The van der Waals surface area contributed by atoms with Crippen LogP contribution >= 0.6 is 0 Å². The van der Waals surface area contributed by atoms with E-state index in [0.717, 1.165) is 17.0 Å². The van der Waals surface area contributed by atoms with Gasteiger partial charge in [0.15, 0.2) is 5.82 Å². The monoisotopic (exact) mass is 570 g/mol. The summed E-state index contributed by atoms with van der Waals surface area (Å²) < 4.78 is 0. The van der Waals surface area contributed by atoms with Crippen molar-refractivity contribution in [1.29, 1.82) is 0 Å². The minimum Gasteiger partial charge on any atom is -0.236 e. The van der Waals surface area contributed by atoms with Crippen LogP contribution in [0.1, 0.15) is 52.7 Å². The predicted molar refractivity (Wildman–Crippen MR) is 188 cm³/mol. The van der Waals surface area contributed by atoms with Gasteiger partial charge in [-0.05, 0) is 77.5 Å². The maximum absolute atomic E-state index is 4.97. The summed E-state index contributed by atoms with van der Waals surface area (Å²) in [6.07, 6.45) is 4.02. The van der Waals surface area contributed by atoms with Crippen molar-refractivity contribution >= 4 is 32.3 Å². The SMILES string of the molecule is CC(C)(C)c1ccc2c(-c3cnc(-c4ccccc4C(C)(C)C)nc3)c3ccccc3c(-c3ccc4ccccc4c3)c2c1. The van der Waals surface area contributed by atoms with Gasteiger partial charge in [0.2, 0.25) is 0 Å². The van der Waals surface area contributed by atoms with Gasteiger partial charge in [-0.3, -0.25) is 0 Å². The van der Waals surface area contributed by atoms with Gasteiger partial charge in [0.25, 0.3) is 0 Å². The highest BCUT2D eigenvalue weighted by Gasteiger charge is 2.22. The molecule has 0 aliphatic heterocycles. The van der Waals surface area contributed by atoms with E-state index in [1.165, 1.54) is 60.1 Å². The Morgan fingerprint density at radius 3 is 1.73 bits per heavy atom. The van der Waals surface area contributed by atoms with E-state index >= 15 is 0 Å². The third kappa shape index (κ3) is 4.85. The van der Waals surface area contributed by atoms with Crippen LogP contribution in [0.5, 0.6) is 0 Å². The molecular weight excluding hydrogens is 532 g/mol. The summed E-state index contributed by atoms with van der Waals surface area (Å²) in [5.41, 5.74) is 8.37. The van der Waals surface area contributed by atoms with Gasteiger partial charge in [0.1, 0.15) is 0 Å². The molecule has 0 N–H and O–H groups in total. The molecule has 6 aromatic carbocycles. The molecule has 0 saturated heterocycles. The second-order valence-corrected chi connectivity index (χ2v) is 14.0. The first-order chi connectivity index (χ1) is 21.1. The van der Waals surface area contributed by atoms with Crippen LogP contribution in [-0.4, -0.2) is 9.97 Å². The standard InChI is InChI=1S/C42H38N2/c1-41(2,3)31-21-22-34-36(24-31)38(29-20-19-27-13-7-8-14-28(27)23-29)32-15-9-10-16-33(32)39(34)30-25-43-40(44-26-30)35-17-11-12-18-37(35)42(4,5)6/h7-26H,1-6H3. The number of hydrogen-bond donors (Lipinski definition) is 0. The normalized spacial score (nSPS) is 12.3. The molecule has 0 spiro atoms. The van der Waals surface area contributed by atoms with Crippen LogP contribution in [0.3, 0.4) is 0 Å². The number of benzene rings is 6. The number of fused-ring (bicyclic) bond motifs is 3. The molecule has 0 fully saturated rings. The summed E-state index contributed by atoms with van der Waals surface area (Å²) in [4.78, 5) is 9.95. The Bertz CT molecular complexity index is 2170. The van der Waals surface area contributed by atoms with Gasteiger partial charge in [-0.1, -0.05) is 139 Å². The fourth-order valence-electron chi connectivity index (χ4n) is 6.54. The molecule has 0 bridgehead atoms. The lowest BCUT2D eigenvalue weighted by atomic mass is 9.81. The van der Waals surface area contributed by atoms with Crippen LogP contribution in [0.15, 0.2) is 122 Å². The van der Waals surface area contributed by atoms with E-state index in [2.05, 4.69) is 151 Å². The zero-order valence-electron chi connectivity index (χ0n) is 26.4. The lowest BCUT2D eigenvalue weighted by Gasteiger charge is -2.23. The highest BCUT2D eigenvalue weighted by Crippen LogP contribution is 2.45. The first-order valence-electron chi connectivity index (χ1n) is 15.5. The highest BCUT2D eigenvalue weighted by molar-refractivity contribution is 6.21. The largest absolute Gasteiger partial charge is 0.236 e. The Morgan fingerprint density at radius 2 is 1.05 bits per heavy atom. The third-order valence-electron chi connectivity index (χ3n) is 8.84. The number of nitrogens with zero attached hydrogens (tertiary/aromatic N) is 2. The lowest BCUT2D eigenvalue weighted by molar-refractivity contribution is 0.591. The Labute approximate surface area is 260 Å². The van der Waals surface area contributed by atoms with Crippen molar-refractivity contribution in [2.24, 2.45) is 0 Å². The summed E-state index contributed by atoms with van der Waals surface area (Å²) in [7, 11) is 0. The van der Waals surface area contributed by atoms with E-state index in [1.54, 1.807) is 0 Å². The van der Waals surface area contributed by atoms with Crippen LogP contribution in [0.4, 0.5) is 0 Å². The molecule has 0 unspecified atom stereocenters. The molecule has 2 heteroatoms. The van der Waals surface area contributed by atoms with E-state index < -0.39 is 0 Å². The van der Waals surface area contributed by atoms with Crippen molar-refractivity contribution in [3.8, 4) is 33.6 Å². The predicted octanol–water partition coefficient (Wildman–Crippen LogP) is 11.5. The molecule has 0 radical (unpaired) electrons. The molecule has 0 aliphatic rings. The van der Waals surface area contributed by atoms with Crippen molar-refractivity contribution in [3.05, 3.63) is 133 Å². The number of aromatic nitrogens is 2. The van der Waals surface area contributed by atoms with Crippen molar-refractivity contribution in [2.75, 3.05) is 0 Å². The van der Waals surface area contributed by atoms with Crippen molar-refractivity contribution < 1.29 is 0 Å². The zero-order chi connectivity index (χ0) is 30.6. The first-order valence-corrected chi connectivity index (χ1v) is 15.5. The average molecular weight is 571 g/mol. The molecule has 2 nitrogen and oxygen atoms in total. The quantitative estimate of drug-likeness (QED) is 0.197. The molecule has 7 rings (SSSR count). The molecule has 1 heterocycles. The highest BCUT2D eigenvalue weighted by atomic mass is 14.9. The summed E-state index contributed by atoms with van der Waals surface area (Å²) in [6.45, 7) is 13.6. The number of rotatable bonds is 3. The van der Waals surface area contributed by atoms with E-state index in [9.17, 15) is 0 Å². The van der Waals surface area contributed by atoms with Gasteiger partial charge in [0, 0.05) is 29.1 Å². The second-order valence-electron chi connectivity index (χ2n) is 14.0. The average Bonchev–Trinajstić information content (AvgIpc) is 3.02. The fraction of sp³-hybridized carbons (Fsp3) is 0.190. The molecule has 1 aromatic heterocycles. The van der Waals surface area contributed by atoms with E-state index in [-0.39, 0.29) is 10.8 Å². The minimum atomic E-state index is -0.00557. The maximum Gasteiger partial charge on any atom is 0.159 e. The van der Waals surface area contributed by atoms with Crippen LogP contribution in [0.25, 0.3) is 66.0 Å². The van der Waals surface area contributed by atoms with Crippen LogP contribution in [-0.2, 0) is 10.8 Å². The Kier molecular flexibility index (Phi) is 6.62. The lowest BCUT2D eigenvalue weighted by Crippen LogP contribution is -2.13. The van der Waals surface area contributed by atoms with Gasteiger partial charge in [0.05, 0.1) is 0 Å². The zero-order valence-corrected chi connectivity index (χ0v) is 26.4. The van der Waals surface area contributed by atoms with Crippen molar-refractivity contribution in [1.82, 2.24) is 9.97 Å². The fourth-order valence-corrected chi connectivity index (χ4v) is 6.54. The Hall–Kier alpha value is -4.82. The van der Waals surface area contributed by atoms with Crippen LogP contribution in [0.2, 0.25) is 0 Å². The molecule has 0 saturated carbocycles. The van der Waals surface area contributed by atoms with Gasteiger partial charge in [-0.25, -0.2) is 9.97 Å². The molecule has 0 atom stereocenters. The first kappa shape index (κ1) is 28.0. The van der Waals surface area contributed by atoms with Crippen molar-refractivity contribution in [2.45, 2.75) is 52.4 Å². The van der Waals surface area contributed by atoms with Gasteiger partial charge >= 0.3 is 0 Å². The summed E-state index contributed by atoms with van der Waals surface area (Å²) in [5.74, 6) is 0.760. The molecule has 216 valence electrons. The molecule has 44 heavy (non-hydrogen) atoms. The Morgan fingerprint density at radius 1 is 0.455 bits per heavy atom. The molecule has 0 amide bonds. The Balaban J connectivity index is 1.51. The summed E-state index contributed by atoms with van der Waals surface area (Å²) in [5, 5.41) is 7.41. The van der Waals surface area contributed by atoms with E-state index in [4.69, 9.17) is 9.97 Å². The molecular formula is C42H38N2. The third-order valence-corrected chi connectivity index (χ3v) is 8.84. The van der Waals surface area contributed by atoms with E-state index in [1.807, 2.05) is 12.4 Å². The van der Waals surface area contributed by atoms with Crippen LogP contribution < -0.4 is 0 Å². The smallest absolute Gasteiger partial charge is 0.159 e. The second kappa shape index (κ2) is 10.4. The van der Waals surface area contributed by atoms with Gasteiger partial charge < -0.3 is 0 Å². The topological polar surface area (TPSA) is 25.8 Å². The summed E-state index contributed by atoms with van der Waals surface area (Å²) >= 11 is 0.